The molecule has 1 aliphatic rings. The smallest absolute Gasteiger partial charge is 0.0601 e. The highest BCUT2D eigenvalue weighted by Crippen LogP contribution is 2.31. The third-order valence-electron chi connectivity index (χ3n) is 4.06. The van der Waals surface area contributed by atoms with E-state index in [0.29, 0.717) is 6.04 Å². The van der Waals surface area contributed by atoms with Gasteiger partial charge in [0.05, 0.1) is 6.04 Å². The first-order valence-corrected chi connectivity index (χ1v) is 7.77. The maximum absolute atomic E-state index is 6.03. The Hall–Kier alpha value is -1.31. The summed E-state index contributed by atoms with van der Waals surface area (Å²) in [5.41, 5.74) is 2.71. The first-order valence-electron chi connectivity index (χ1n) is 7.39. The van der Waals surface area contributed by atoms with E-state index in [0.717, 1.165) is 5.02 Å². The molecule has 1 atom stereocenters. The number of hydrogen-bond acceptors (Lipinski definition) is 1. The molecular formula is C18H20ClN. The number of hydrogen-bond donors (Lipinski definition) is 0. The second kappa shape index (κ2) is 6.43. The molecule has 0 aliphatic carbocycles. The van der Waals surface area contributed by atoms with Gasteiger partial charge in [-0.3, -0.25) is 4.90 Å². The minimum absolute atomic E-state index is 0.355. The molecule has 0 radical (unpaired) electrons. The molecule has 0 N–H and O–H groups in total. The van der Waals surface area contributed by atoms with Crippen LogP contribution in [0.15, 0.2) is 54.6 Å². The van der Waals surface area contributed by atoms with Crippen LogP contribution in [0.1, 0.15) is 36.4 Å². The van der Waals surface area contributed by atoms with E-state index in [1.165, 1.54) is 43.5 Å². The van der Waals surface area contributed by atoms with E-state index in [2.05, 4.69) is 47.4 Å². The molecule has 1 saturated heterocycles. The monoisotopic (exact) mass is 285 g/mol. The Bertz CT molecular complexity index is 529. The molecule has 104 valence electrons. The summed E-state index contributed by atoms with van der Waals surface area (Å²) in [4.78, 5) is 2.60. The summed E-state index contributed by atoms with van der Waals surface area (Å²) >= 11 is 6.03. The second-order valence-electron chi connectivity index (χ2n) is 5.46. The molecule has 0 saturated carbocycles. The molecule has 0 unspecified atom stereocenters. The van der Waals surface area contributed by atoms with Crippen LogP contribution in [0.2, 0.25) is 5.02 Å². The molecular weight excluding hydrogens is 266 g/mol. The lowest BCUT2D eigenvalue weighted by Crippen LogP contribution is -2.34. The number of rotatable bonds is 3. The van der Waals surface area contributed by atoms with Crippen molar-refractivity contribution in [1.29, 1.82) is 0 Å². The van der Waals surface area contributed by atoms with Gasteiger partial charge in [-0.25, -0.2) is 0 Å². The third-order valence-corrected chi connectivity index (χ3v) is 4.31. The first-order chi connectivity index (χ1) is 9.84. The van der Waals surface area contributed by atoms with Gasteiger partial charge in [-0.1, -0.05) is 60.5 Å². The van der Waals surface area contributed by atoms with E-state index >= 15 is 0 Å². The minimum atomic E-state index is 0.355. The van der Waals surface area contributed by atoms with Crippen LogP contribution >= 0.6 is 11.6 Å². The fraction of sp³-hybridized carbons (Fsp3) is 0.333. The second-order valence-corrected chi connectivity index (χ2v) is 5.90. The van der Waals surface area contributed by atoms with E-state index in [9.17, 15) is 0 Å². The van der Waals surface area contributed by atoms with Crippen molar-refractivity contribution < 1.29 is 0 Å². The molecule has 1 nitrogen and oxygen atoms in total. The number of halogens is 1. The van der Waals surface area contributed by atoms with Gasteiger partial charge >= 0.3 is 0 Å². The van der Waals surface area contributed by atoms with E-state index in [1.807, 2.05) is 12.1 Å². The van der Waals surface area contributed by atoms with Crippen LogP contribution in [0.25, 0.3) is 0 Å². The van der Waals surface area contributed by atoms with Gasteiger partial charge in [0, 0.05) is 5.02 Å². The number of nitrogens with zero attached hydrogens (tertiary/aromatic N) is 1. The van der Waals surface area contributed by atoms with Crippen LogP contribution in [0.3, 0.4) is 0 Å². The lowest BCUT2D eigenvalue weighted by atomic mass is 9.95. The maximum Gasteiger partial charge on any atom is 0.0601 e. The average Bonchev–Trinajstić information content (AvgIpc) is 2.52. The van der Waals surface area contributed by atoms with Gasteiger partial charge in [0.15, 0.2) is 0 Å². The van der Waals surface area contributed by atoms with Gasteiger partial charge in [0.25, 0.3) is 0 Å². The maximum atomic E-state index is 6.03. The van der Waals surface area contributed by atoms with Crippen molar-refractivity contribution in [3.05, 3.63) is 70.7 Å². The average molecular weight is 286 g/mol. The van der Waals surface area contributed by atoms with Crippen molar-refractivity contribution in [2.75, 3.05) is 13.1 Å². The van der Waals surface area contributed by atoms with Gasteiger partial charge in [0.2, 0.25) is 0 Å². The van der Waals surface area contributed by atoms with Gasteiger partial charge in [0.1, 0.15) is 0 Å². The summed E-state index contributed by atoms with van der Waals surface area (Å²) in [6, 6.07) is 19.5. The Labute approximate surface area is 126 Å². The quantitative estimate of drug-likeness (QED) is 0.774. The predicted molar refractivity (Wildman–Crippen MR) is 85.2 cm³/mol. The standard InChI is InChI=1S/C18H20ClN/c19-17-11-9-16(10-12-17)18(15-7-3-1-4-8-15)20-13-5-2-6-14-20/h1,3-4,7-12,18H,2,5-6,13-14H2/t18-/m0/s1. The lowest BCUT2D eigenvalue weighted by molar-refractivity contribution is 0.187. The van der Waals surface area contributed by atoms with Crippen molar-refractivity contribution in [3.63, 3.8) is 0 Å². The summed E-state index contributed by atoms with van der Waals surface area (Å²) in [6.45, 7) is 2.37. The van der Waals surface area contributed by atoms with Crippen LogP contribution in [0.5, 0.6) is 0 Å². The molecule has 20 heavy (non-hydrogen) atoms. The number of piperidine rings is 1. The van der Waals surface area contributed by atoms with Gasteiger partial charge < -0.3 is 0 Å². The first kappa shape index (κ1) is 13.7. The Morgan fingerprint density at radius 1 is 0.750 bits per heavy atom. The molecule has 0 bridgehead atoms. The highest BCUT2D eigenvalue weighted by atomic mass is 35.5. The van der Waals surface area contributed by atoms with Crippen LogP contribution in [0.4, 0.5) is 0 Å². The van der Waals surface area contributed by atoms with Gasteiger partial charge in [-0.15, -0.1) is 0 Å². The molecule has 1 heterocycles. The molecule has 2 aromatic carbocycles. The Kier molecular flexibility index (Phi) is 4.39. The predicted octanol–water partition coefficient (Wildman–Crippen LogP) is 4.92. The van der Waals surface area contributed by atoms with Crippen molar-refractivity contribution in [1.82, 2.24) is 4.90 Å². The van der Waals surface area contributed by atoms with Crippen LogP contribution in [-0.4, -0.2) is 18.0 Å². The molecule has 1 aliphatic heterocycles. The number of benzene rings is 2. The van der Waals surface area contributed by atoms with Crippen molar-refractivity contribution in [2.24, 2.45) is 0 Å². The highest BCUT2D eigenvalue weighted by Gasteiger charge is 2.23. The van der Waals surface area contributed by atoms with E-state index in [4.69, 9.17) is 11.6 Å². The van der Waals surface area contributed by atoms with E-state index < -0.39 is 0 Å². The summed E-state index contributed by atoms with van der Waals surface area (Å²) < 4.78 is 0. The number of likely N-dealkylation sites (tertiary alicyclic amines) is 1. The van der Waals surface area contributed by atoms with Crippen LogP contribution in [-0.2, 0) is 0 Å². The molecule has 0 amide bonds. The SMILES string of the molecule is Clc1ccc([C@H](c2ccccc2)N2CCCCC2)cc1. The van der Waals surface area contributed by atoms with Crippen molar-refractivity contribution in [3.8, 4) is 0 Å². The highest BCUT2D eigenvalue weighted by molar-refractivity contribution is 6.30. The summed E-state index contributed by atoms with van der Waals surface area (Å²) in [5, 5.41) is 0.805. The van der Waals surface area contributed by atoms with Crippen LogP contribution < -0.4 is 0 Å². The van der Waals surface area contributed by atoms with Crippen LogP contribution in [0, 0.1) is 0 Å². The Morgan fingerprint density at radius 2 is 1.35 bits per heavy atom. The normalized spacial score (nSPS) is 17.9. The summed E-state index contributed by atoms with van der Waals surface area (Å²) in [5.74, 6) is 0. The molecule has 2 aromatic rings. The topological polar surface area (TPSA) is 3.24 Å². The minimum Gasteiger partial charge on any atom is -0.292 e. The molecule has 0 spiro atoms. The van der Waals surface area contributed by atoms with E-state index in [-0.39, 0.29) is 0 Å². The zero-order valence-electron chi connectivity index (χ0n) is 11.6. The van der Waals surface area contributed by atoms with E-state index in [1.54, 1.807) is 0 Å². The van der Waals surface area contributed by atoms with Gasteiger partial charge in [-0.2, -0.15) is 0 Å². The zero-order valence-corrected chi connectivity index (χ0v) is 12.4. The third kappa shape index (κ3) is 3.05. The van der Waals surface area contributed by atoms with Crippen molar-refractivity contribution in [2.45, 2.75) is 25.3 Å². The fourth-order valence-corrected chi connectivity index (χ4v) is 3.20. The summed E-state index contributed by atoms with van der Waals surface area (Å²) in [7, 11) is 0. The molecule has 3 rings (SSSR count). The molecule has 2 heteroatoms. The lowest BCUT2D eigenvalue weighted by Gasteiger charge is -2.35. The fourth-order valence-electron chi connectivity index (χ4n) is 3.07. The van der Waals surface area contributed by atoms with Crippen molar-refractivity contribution >= 4 is 11.6 Å². The van der Waals surface area contributed by atoms with Gasteiger partial charge in [-0.05, 0) is 49.2 Å². The molecule has 1 fully saturated rings. The Morgan fingerprint density at radius 3 is 2.00 bits per heavy atom. The zero-order chi connectivity index (χ0) is 13.8. The summed E-state index contributed by atoms with van der Waals surface area (Å²) in [6.07, 6.45) is 3.96. The molecule has 0 aromatic heterocycles. The Balaban J connectivity index is 1.96. The largest absolute Gasteiger partial charge is 0.292 e.